The summed E-state index contributed by atoms with van der Waals surface area (Å²) < 4.78 is 0. The molecule has 0 saturated heterocycles. The number of hydrogen-bond donors (Lipinski definition) is 0. The topological polar surface area (TPSA) is 84.2 Å². The second-order valence-electron chi connectivity index (χ2n) is 4.48. The van der Waals surface area contributed by atoms with Gasteiger partial charge in [0.25, 0.3) is 0 Å². The molecule has 0 aromatic carbocycles. The fourth-order valence-electron chi connectivity index (χ4n) is 2.32. The number of nitriles is 1. The summed E-state index contributed by atoms with van der Waals surface area (Å²) in [6.07, 6.45) is 3.11. The Morgan fingerprint density at radius 2 is 1.94 bits per heavy atom. The summed E-state index contributed by atoms with van der Waals surface area (Å²) in [5.41, 5.74) is 0. The second-order valence-corrected chi connectivity index (χ2v) is 4.48. The van der Waals surface area contributed by atoms with Crippen LogP contribution in [0, 0.1) is 23.2 Å². The maximum absolute atomic E-state index is 12.0. The van der Waals surface area contributed by atoms with E-state index < -0.39 is 17.8 Å². The highest BCUT2D eigenvalue weighted by atomic mass is 16.4. The van der Waals surface area contributed by atoms with Crippen LogP contribution in [0.5, 0.6) is 0 Å². The fourth-order valence-corrected chi connectivity index (χ4v) is 2.32. The van der Waals surface area contributed by atoms with Crippen LogP contribution < -0.4 is 5.11 Å². The molecule has 1 rings (SSSR count). The molecular formula is C12H17N2O3-. The Morgan fingerprint density at radius 3 is 2.47 bits per heavy atom. The van der Waals surface area contributed by atoms with Gasteiger partial charge < -0.3 is 14.8 Å². The quantitative estimate of drug-likeness (QED) is 0.684. The minimum absolute atomic E-state index is 0.172. The average molecular weight is 237 g/mol. The zero-order chi connectivity index (χ0) is 12.8. The third-order valence-corrected chi connectivity index (χ3v) is 3.32. The lowest BCUT2D eigenvalue weighted by atomic mass is 9.78. The van der Waals surface area contributed by atoms with Crippen molar-refractivity contribution in [3.8, 4) is 6.07 Å². The molecule has 0 N–H and O–H groups in total. The van der Waals surface area contributed by atoms with E-state index >= 15 is 0 Å². The van der Waals surface area contributed by atoms with Gasteiger partial charge in [-0.25, -0.2) is 0 Å². The molecule has 0 aliphatic heterocycles. The van der Waals surface area contributed by atoms with E-state index in [1.54, 1.807) is 7.05 Å². The van der Waals surface area contributed by atoms with E-state index in [1.165, 1.54) is 4.90 Å². The molecular weight excluding hydrogens is 220 g/mol. The number of nitrogens with zero attached hydrogens (tertiary/aromatic N) is 2. The summed E-state index contributed by atoms with van der Waals surface area (Å²) in [7, 11) is 1.61. The number of carbonyl (C=O) groups excluding carboxylic acids is 2. The highest BCUT2D eigenvalue weighted by Gasteiger charge is 2.33. The van der Waals surface area contributed by atoms with Gasteiger partial charge in [0, 0.05) is 31.4 Å². The van der Waals surface area contributed by atoms with Crippen molar-refractivity contribution in [3.05, 3.63) is 0 Å². The van der Waals surface area contributed by atoms with Crippen LogP contribution in [0.3, 0.4) is 0 Å². The number of carboxylic acid groups (broad SMARTS) is 1. The van der Waals surface area contributed by atoms with Crippen LogP contribution in [0.4, 0.5) is 0 Å². The first kappa shape index (κ1) is 13.5. The monoisotopic (exact) mass is 237 g/mol. The molecule has 1 aliphatic rings. The number of aliphatic carboxylic acids is 1. The van der Waals surface area contributed by atoms with Gasteiger partial charge in [0.05, 0.1) is 12.5 Å². The third kappa shape index (κ3) is 3.45. The highest BCUT2D eigenvalue weighted by molar-refractivity contribution is 5.84. The maximum Gasteiger partial charge on any atom is 0.226 e. The van der Waals surface area contributed by atoms with Crippen LogP contribution in [0.25, 0.3) is 0 Å². The Kier molecular flexibility index (Phi) is 4.95. The molecule has 1 aliphatic carbocycles. The first-order valence-corrected chi connectivity index (χ1v) is 5.90. The normalized spacial score (nSPS) is 23.8. The molecule has 1 fully saturated rings. The molecule has 5 heteroatoms. The summed E-state index contributed by atoms with van der Waals surface area (Å²) in [5.74, 6) is -2.44. The molecule has 5 nitrogen and oxygen atoms in total. The van der Waals surface area contributed by atoms with E-state index in [1.807, 2.05) is 6.07 Å². The summed E-state index contributed by atoms with van der Waals surface area (Å²) in [6, 6.07) is 1.97. The van der Waals surface area contributed by atoms with Crippen molar-refractivity contribution in [2.24, 2.45) is 11.8 Å². The van der Waals surface area contributed by atoms with Crippen molar-refractivity contribution in [3.63, 3.8) is 0 Å². The van der Waals surface area contributed by atoms with E-state index in [2.05, 4.69) is 0 Å². The largest absolute Gasteiger partial charge is 0.550 e. The van der Waals surface area contributed by atoms with E-state index in [0.29, 0.717) is 19.4 Å². The van der Waals surface area contributed by atoms with Gasteiger partial charge in [-0.05, 0) is 12.8 Å². The van der Waals surface area contributed by atoms with Crippen molar-refractivity contribution < 1.29 is 14.7 Å². The van der Waals surface area contributed by atoms with Crippen molar-refractivity contribution in [2.45, 2.75) is 32.1 Å². The van der Waals surface area contributed by atoms with E-state index in [4.69, 9.17) is 5.26 Å². The van der Waals surface area contributed by atoms with Gasteiger partial charge in [-0.3, -0.25) is 4.79 Å². The second kappa shape index (κ2) is 6.24. The first-order chi connectivity index (χ1) is 8.07. The Bertz CT molecular complexity index is 335. The molecule has 1 saturated carbocycles. The fraction of sp³-hybridized carbons (Fsp3) is 0.750. The Labute approximate surface area is 101 Å². The molecule has 0 unspecified atom stereocenters. The molecule has 17 heavy (non-hydrogen) atoms. The molecule has 2 atom stereocenters. The molecule has 0 bridgehead atoms. The Morgan fingerprint density at radius 1 is 1.35 bits per heavy atom. The van der Waals surface area contributed by atoms with Crippen LogP contribution >= 0.6 is 0 Å². The van der Waals surface area contributed by atoms with Crippen LogP contribution in [-0.4, -0.2) is 30.4 Å². The van der Waals surface area contributed by atoms with Crippen LogP contribution in [0.2, 0.25) is 0 Å². The Balaban J connectivity index is 2.65. The highest BCUT2D eigenvalue weighted by Crippen LogP contribution is 2.30. The summed E-state index contributed by atoms with van der Waals surface area (Å²) in [6.45, 7) is 0.353. The van der Waals surface area contributed by atoms with Gasteiger partial charge >= 0.3 is 0 Å². The lowest BCUT2D eigenvalue weighted by Gasteiger charge is -2.33. The van der Waals surface area contributed by atoms with E-state index in [0.717, 1.165) is 12.8 Å². The number of amides is 1. The van der Waals surface area contributed by atoms with Gasteiger partial charge in [0.15, 0.2) is 0 Å². The minimum atomic E-state index is -1.13. The average Bonchev–Trinajstić information content (AvgIpc) is 2.34. The standard InChI is InChI=1S/C12H18N2O3/c1-14(8-4-7-13)11(15)9-5-2-3-6-10(9)12(16)17/h9-10H,2-6,8H2,1H3,(H,16,17)/p-1/t9-,10-/m0/s1. The first-order valence-electron chi connectivity index (χ1n) is 5.90. The van der Waals surface area contributed by atoms with Gasteiger partial charge in [-0.2, -0.15) is 5.26 Å². The van der Waals surface area contributed by atoms with E-state index in [9.17, 15) is 14.7 Å². The summed E-state index contributed by atoms with van der Waals surface area (Å²) in [4.78, 5) is 24.5. The van der Waals surface area contributed by atoms with Crippen molar-refractivity contribution in [1.82, 2.24) is 4.90 Å². The van der Waals surface area contributed by atoms with Crippen LogP contribution in [0.1, 0.15) is 32.1 Å². The lowest BCUT2D eigenvalue weighted by molar-refractivity contribution is -0.314. The molecule has 0 aromatic heterocycles. The maximum atomic E-state index is 12.0. The van der Waals surface area contributed by atoms with Crippen molar-refractivity contribution in [1.29, 1.82) is 5.26 Å². The van der Waals surface area contributed by atoms with Crippen molar-refractivity contribution >= 4 is 11.9 Å². The number of carbonyl (C=O) groups is 2. The number of hydrogen-bond acceptors (Lipinski definition) is 4. The minimum Gasteiger partial charge on any atom is -0.550 e. The predicted molar refractivity (Wildman–Crippen MR) is 58.3 cm³/mol. The zero-order valence-corrected chi connectivity index (χ0v) is 10.0. The molecule has 94 valence electrons. The molecule has 0 radical (unpaired) electrons. The Hall–Kier alpha value is -1.57. The molecule has 0 heterocycles. The van der Waals surface area contributed by atoms with E-state index in [-0.39, 0.29) is 12.3 Å². The van der Waals surface area contributed by atoms with Gasteiger partial charge in [0.2, 0.25) is 5.91 Å². The summed E-state index contributed by atoms with van der Waals surface area (Å²) >= 11 is 0. The SMILES string of the molecule is CN(CCC#N)C(=O)[C@H]1CCCC[C@@H]1C(=O)[O-]. The molecule has 0 aromatic rings. The molecule has 0 spiro atoms. The predicted octanol–water partition coefficient (Wildman–Crippen LogP) is -0.0852. The van der Waals surface area contributed by atoms with Crippen LogP contribution in [-0.2, 0) is 9.59 Å². The van der Waals surface area contributed by atoms with Gasteiger partial charge in [-0.1, -0.05) is 12.8 Å². The van der Waals surface area contributed by atoms with Gasteiger partial charge in [-0.15, -0.1) is 0 Å². The zero-order valence-electron chi connectivity index (χ0n) is 10.0. The van der Waals surface area contributed by atoms with Crippen LogP contribution in [0.15, 0.2) is 0 Å². The lowest BCUT2D eigenvalue weighted by Crippen LogP contribution is -2.45. The summed E-state index contributed by atoms with van der Waals surface area (Å²) in [5, 5.41) is 19.4. The number of rotatable bonds is 4. The van der Waals surface area contributed by atoms with Gasteiger partial charge in [0.1, 0.15) is 0 Å². The number of carboxylic acids is 1. The third-order valence-electron chi connectivity index (χ3n) is 3.32. The smallest absolute Gasteiger partial charge is 0.226 e. The van der Waals surface area contributed by atoms with Crippen molar-refractivity contribution in [2.75, 3.05) is 13.6 Å². The molecule has 1 amide bonds.